The van der Waals surface area contributed by atoms with Gasteiger partial charge in [0.15, 0.2) is 0 Å². The van der Waals surface area contributed by atoms with Crippen LogP contribution >= 0.6 is 0 Å². The monoisotopic (exact) mass is 261 g/mol. The summed E-state index contributed by atoms with van der Waals surface area (Å²) in [5.41, 5.74) is 7.69. The molecule has 1 fully saturated rings. The highest BCUT2D eigenvalue weighted by atomic mass is 16.2. The van der Waals surface area contributed by atoms with E-state index < -0.39 is 0 Å². The summed E-state index contributed by atoms with van der Waals surface area (Å²) < 4.78 is 0. The van der Waals surface area contributed by atoms with Crippen molar-refractivity contribution in [3.63, 3.8) is 0 Å². The second kappa shape index (κ2) is 5.61. The zero-order valence-corrected chi connectivity index (χ0v) is 11.9. The van der Waals surface area contributed by atoms with Gasteiger partial charge in [-0.2, -0.15) is 0 Å². The number of nitrogens with two attached hydrogens (primary N) is 1. The largest absolute Gasteiger partial charge is 0.324 e. The van der Waals surface area contributed by atoms with Gasteiger partial charge < -0.3 is 16.0 Å². The molecule has 1 heterocycles. The molecule has 1 aromatic rings. The summed E-state index contributed by atoms with van der Waals surface area (Å²) in [6.07, 6.45) is 1.08. The van der Waals surface area contributed by atoms with E-state index in [9.17, 15) is 4.79 Å². The van der Waals surface area contributed by atoms with Crippen LogP contribution in [-0.2, 0) is 0 Å². The average Bonchev–Trinajstić information content (AvgIpc) is 2.69. The second-order valence-corrected chi connectivity index (χ2v) is 5.69. The van der Waals surface area contributed by atoms with Gasteiger partial charge in [-0.1, -0.05) is 19.1 Å². The van der Waals surface area contributed by atoms with Crippen LogP contribution in [0.1, 0.15) is 38.8 Å². The molecule has 104 valence electrons. The van der Waals surface area contributed by atoms with Gasteiger partial charge in [0.2, 0.25) is 0 Å². The zero-order chi connectivity index (χ0) is 14.0. The van der Waals surface area contributed by atoms with E-state index in [1.807, 2.05) is 36.1 Å². The number of nitrogens with one attached hydrogen (secondary N) is 1. The van der Waals surface area contributed by atoms with Crippen LogP contribution in [0.5, 0.6) is 0 Å². The van der Waals surface area contributed by atoms with Crippen molar-refractivity contribution < 1.29 is 4.79 Å². The van der Waals surface area contributed by atoms with Crippen molar-refractivity contribution in [3.05, 3.63) is 29.8 Å². The van der Waals surface area contributed by atoms with Crippen LogP contribution in [-0.4, -0.2) is 23.5 Å². The molecule has 3 N–H and O–H groups in total. The molecule has 3 unspecified atom stereocenters. The van der Waals surface area contributed by atoms with E-state index in [1.165, 1.54) is 0 Å². The first-order valence-corrected chi connectivity index (χ1v) is 6.90. The van der Waals surface area contributed by atoms with Crippen molar-refractivity contribution in [3.8, 4) is 0 Å². The number of rotatable bonds is 2. The first kappa shape index (κ1) is 13.9. The fraction of sp³-hybridized carbons (Fsp3) is 0.533. The number of benzene rings is 1. The van der Waals surface area contributed by atoms with E-state index in [0.717, 1.165) is 24.2 Å². The fourth-order valence-electron chi connectivity index (χ4n) is 2.68. The molecule has 19 heavy (non-hydrogen) atoms. The third-order valence-electron chi connectivity index (χ3n) is 3.71. The number of hydrogen-bond donors (Lipinski definition) is 2. The minimum atomic E-state index is -0.0254. The van der Waals surface area contributed by atoms with E-state index in [4.69, 9.17) is 5.73 Å². The van der Waals surface area contributed by atoms with Gasteiger partial charge in [-0.3, -0.25) is 0 Å². The molecular formula is C15H23N3O. The molecule has 0 saturated carbocycles. The number of carbonyl (C=O) groups excluding carboxylic acids is 1. The van der Waals surface area contributed by atoms with E-state index >= 15 is 0 Å². The molecule has 2 rings (SSSR count). The predicted octanol–water partition coefficient (Wildman–Crippen LogP) is 2.97. The molecular weight excluding hydrogens is 238 g/mol. The molecule has 0 aliphatic carbocycles. The topological polar surface area (TPSA) is 58.4 Å². The van der Waals surface area contributed by atoms with E-state index in [2.05, 4.69) is 19.2 Å². The first-order valence-electron chi connectivity index (χ1n) is 6.90. The number of hydrogen-bond acceptors (Lipinski definition) is 2. The molecule has 4 nitrogen and oxygen atoms in total. The van der Waals surface area contributed by atoms with Crippen LogP contribution in [0.15, 0.2) is 24.3 Å². The van der Waals surface area contributed by atoms with Gasteiger partial charge in [-0.05, 0) is 43.9 Å². The summed E-state index contributed by atoms with van der Waals surface area (Å²) in [7, 11) is 0. The quantitative estimate of drug-likeness (QED) is 0.860. The lowest BCUT2D eigenvalue weighted by Crippen LogP contribution is -2.37. The highest BCUT2D eigenvalue weighted by Crippen LogP contribution is 2.23. The molecule has 2 amide bonds. The van der Waals surface area contributed by atoms with Crippen LogP contribution in [0.4, 0.5) is 10.5 Å². The number of amides is 2. The zero-order valence-electron chi connectivity index (χ0n) is 11.9. The van der Waals surface area contributed by atoms with Crippen molar-refractivity contribution in [2.45, 2.75) is 39.3 Å². The molecule has 0 spiro atoms. The van der Waals surface area contributed by atoms with Crippen LogP contribution in [0.2, 0.25) is 0 Å². The Morgan fingerprint density at radius 1 is 1.47 bits per heavy atom. The van der Waals surface area contributed by atoms with Crippen molar-refractivity contribution in [1.82, 2.24) is 4.90 Å². The highest BCUT2D eigenvalue weighted by molar-refractivity contribution is 5.89. The minimum absolute atomic E-state index is 0.0151. The van der Waals surface area contributed by atoms with E-state index in [-0.39, 0.29) is 12.1 Å². The molecule has 3 atom stereocenters. The van der Waals surface area contributed by atoms with Crippen LogP contribution < -0.4 is 11.1 Å². The summed E-state index contributed by atoms with van der Waals surface area (Å²) >= 11 is 0. The number of nitrogens with zero attached hydrogens (tertiary/aromatic N) is 1. The lowest BCUT2D eigenvalue weighted by Gasteiger charge is -2.22. The number of urea groups is 1. The Kier molecular flexibility index (Phi) is 4.10. The van der Waals surface area contributed by atoms with Gasteiger partial charge in [-0.25, -0.2) is 4.79 Å². The molecule has 4 heteroatoms. The van der Waals surface area contributed by atoms with Crippen molar-refractivity contribution in [2.24, 2.45) is 11.7 Å². The third-order valence-corrected chi connectivity index (χ3v) is 3.71. The predicted molar refractivity (Wildman–Crippen MR) is 78.0 cm³/mol. The van der Waals surface area contributed by atoms with Gasteiger partial charge >= 0.3 is 6.03 Å². The fourth-order valence-corrected chi connectivity index (χ4v) is 2.68. The minimum Gasteiger partial charge on any atom is -0.324 e. The second-order valence-electron chi connectivity index (χ2n) is 5.69. The number of anilines is 1. The Balaban J connectivity index is 2.05. The van der Waals surface area contributed by atoms with Crippen LogP contribution in [0.3, 0.4) is 0 Å². The van der Waals surface area contributed by atoms with Gasteiger partial charge in [0, 0.05) is 24.3 Å². The summed E-state index contributed by atoms with van der Waals surface area (Å²) in [6.45, 7) is 7.05. The van der Waals surface area contributed by atoms with Crippen molar-refractivity contribution >= 4 is 11.7 Å². The maximum atomic E-state index is 12.2. The summed E-state index contributed by atoms with van der Waals surface area (Å²) in [4.78, 5) is 14.1. The number of carbonyl (C=O) groups is 1. The summed E-state index contributed by atoms with van der Waals surface area (Å²) in [5.74, 6) is 0.580. The smallest absolute Gasteiger partial charge is 0.322 e. The summed E-state index contributed by atoms with van der Waals surface area (Å²) in [6, 6.07) is 8.00. The van der Waals surface area contributed by atoms with E-state index in [1.54, 1.807) is 0 Å². The number of likely N-dealkylation sites (tertiary alicyclic amines) is 1. The molecule has 1 saturated heterocycles. The Bertz CT molecular complexity index is 458. The van der Waals surface area contributed by atoms with Gasteiger partial charge in [0.1, 0.15) is 0 Å². The Hall–Kier alpha value is -1.55. The van der Waals surface area contributed by atoms with Crippen LogP contribution in [0.25, 0.3) is 0 Å². The van der Waals surface area contributed by atoms with Crippen LogP contribution in [0, 0.1) is 5.92 Å². The maximum absolute atomic E-state index is 12.2. The SMILES string of the molecule is CC1CC(C)N(C(=O)Nc2cccc(C(C)N)c2)C1. The highest BCUT2D eigenvalue weighted by Gasteiger charge is 2.29. The standard InChI is InChI=1S/C15H23N3O/c1-10-7-11(2)18(9-10)15(19)17-14-6-4-5-13(8-14)12(3)16/h4-6,8,10-12H,7,9,16H2,1-3H3,(H,17,19). The molecule has 1 aliphatic heterocycles. The normalized spacial score (nSPS) is 24.3. The third kappa shape index (κ3) is 3.26. The van der Waals surface area contributed by atoms with Gasteiger partial charge in [-0.15, -0.1) is 0 Å². The Morgan fingerprint density at radius 2 is 2.21 bits per heavy atom. The summed E-state index contributed by atoms with van der Waals surface area (Å²) in [5, 5.41) is 2.96. The molecule has 0 aromatic heterocycles. The van der Waals surface area contributed by atoms with Crippen molar-refractivity contribution in [2.75, 3.05) is 11.9 Å². The average molecular weight is 261 g/mol. The van der Waals surface area contributed by atoms with Gasteiger partial charge in [0.05, 0.1) is 0 Å². The van der Waals surface area contributed by atoms with E-state index in [0.29, 0.717) is 12.0 Å². The lowest BCUT2D eigenvalue weighted by molar-refractivity contribution is 0.209. The Labute approximate surface area is 115 Å². The van der Waals surface area contributed by atoms with Gasteiger partial charge in [0.25, 0.3) is 0 Å². The van der Waals surface area contributed by atoms with Crippen molar-refractivity contribution in [1.29, 1.82) is 0 Å². The first-order chi connectivity index (χ1) is 8.97. The molecule has 0 radical (unpaired) electrons. The molecule has 1 aliphatic rings. The molecule has 1 aromatic carbocycles. The molecule has 0 bridgehead atoms. The Morgan fingerprint density at radius 3 is 2.79 bits per heavy atom. The maximum Gasteiger partial charge on any atom is 0.322 e. The lowest BCUT2D eigenvalue weighted by atomic mass is 10.1.